The Morgan fingerprint density at radius 1 is 1.40 bits per heavy atom. The second-order valence-corrected chi connectivity index (χ2v) is 7.17. The molecule has 2 rings (SSSR count). The molecule has 1 N–H and O–H groups in total. The van der Waals surface area contributed by atoms with Crippen molar-refractivity contribution < 1.29 is 23.2 Å². The van der Waals surface area contributed by atoms with E-state index < -0.39 is 31.9 Å². The van der Waals surface area contributed by atoms with Gasteiger partial charge in [-0.05, 0) is 12.8 Å². The van der Waals surface area contributed by atoms with E-state index in [9.17, 15) is 28.4 Å². The topological polar surface area (TPSA) is 115 Å². The Morgan fingerprint density at radius 3 is 2.55 bits per heavy atom. The average Bonchev–Trinajstić information content (AvgIpc) is 2.66. The van der Waals surface area contributed by atoms with E-state index in [2.05, 4.69) is 0 Å². The molecule has 0 aliphatic carbocycles. The van der Waals surface area contributed by atoms with E-state index in [-0.39, 0.29) is 29.8 Å². The molecule has 0 saturated carbocycles. The molecule has 1 aromatic carbocycles. The zero-order valence-corrected chi connectivity index (χ0v) is 11.3. The molecule has 1 saturated heterocycles. The molecule has 0 radical (unpaired) electrons. The fourth-order valence-corrected chi connectivity index (χ4v) is 4.56. The lowest BCUT2D eigenvalue weighted by Crippen LogP contribution is -2.34. The molecule has 7 nitrogen and oxygen atoms in total. The highest BCUT2D eigenvalue weighted by molar-refractivity contribution is 7.91. The molecular weight excluding hydrogens is 286 g/mol. The second-order valence-electron chi connectivity index (χ2n) is 4.99. The first kappa shape index (κ1) is 14.4. The van der Waals surface area contributed by atoms with Gasteiger partial charge in [0.1, 0.15) is 0 Å². The monoisotopic (exact) mass is 299 g/mol. The first-order valence-corrected chi connectivity index (χ1v) is 7.74. The van der Waals surface area contributed by atoms with Crippen LogP contribution in [-0.2, 0) is 21.1 Å². The Morgan fingerprint density at radius 2 is 2.05 bits per heavy atom. The molecule has 0 aromatic heterocycles. The third-order valence-corrected chi connectivity index (χ3v) is 5.38. The molecule has 0 bridgehead atoms. The summed E-state index contributed by atoms with van der Waals surface area (Å²) < 4.78 is 23.1. The van der Waals surface area contributed by atoms with Crippen molar-refractivity contribution in [1.82, 2.24) is 0 Å². The number of aliphatic carboxylic acids is 1. The summed E-state index contributed by atoms with van der Waals surface area (Å²) in [5.74, 6) is -1.89. The van der Waals surface area contributed by atoms with Crippen molar-refractivity contribution in [2.45, 2.75) is 12.8 Å². The molecule has 1 fully saturated rings. The van der Waals surface area contributed by atoms with Gasteiger partial charge in [-0.3, -0.25) is 14.9 Å². The summed E-state index contributed by atoms with van der Waals surface area (Å²) in [5, 5.41) is 20.3. The van der Waals surface area contributed by atoms with Crippen LogP contribution in [-0.4, -0.2) is 35.9 Å². The molecule has 1 aliphatic rings. The predicted molar refractivity (Wildman–Crippen MR) is 70.1 cm³/mol. The number of rotatable bonds is 4. The number of carboxylic acids is 1. The first-order chi connectivity index (χ1) is 9.26. The van der Waals surface area contributed by atoms with Crippen LogP contribution in [0.15, 0.2) is 24.3 Å². The Bertz CT molecular complexity index is 668. The minimum atomic E-state index is -3.40. The second kappa shape index (κ2) is 4.86. The van der Waals surface area contributed by atoms with Crippen LogP contribution in [0.1, 0.15) is 12.0 Å². The van der Waals surface area contributed by atoms with Gasteiger partial charge in [-0.15, -0.1) is 0 Å². The minimum absolute atomic E-state index is 0.0171. The van der Waals surface area contributed by atoms with Gasteiger partial charge in [0.05, 0.1) is 21.8 Å². The van der Waals surface area contributed by atoms with Crippen LogP contribution in [0.3, 0.4) is 0 Å². The summed E-state index contributed by atoms with van der Waals surface area (Å²) in [6.45, 7) is 0. The van der Waals surface area contributed by atoms with Crippen LogP contribution >= 0.6 is 0 Å². The Labute approximate surface area is 115 Å². The fourth-order valence-electron chi connectivity index (χ4n) is 2.50. The lowest BCUT2D eigenvalue weighted by molar-refractivity contribution is -0.385. The van der Waals surface area contributed by atoms with Gasteiger partial charge in [0, 0.05) is 11.6 Å². The van der Waals surface area contributed by atoms with E-state index in [1.807, 2.05) is 0 Å². The Hall–Kier alpha value is -1.96. The first-order valence-electron chi connectivity index (χ1n) is 5.92. The Balaban J connectivity index is 2.41. The SMILES string of the molecule is O=C(O)C1(Cc2ccccc2[N+](=O)[O-])CCS(=O)(=O)C1. The van der Waals surface area contributed by atoms with Crippen molar-refractivity contribution in [1.29, 1.82) is 0 Å². The van der Waals surface area contributed by atoms with Crippen LogP contribution in [0.2, 0.25) is 0 Å². The van der Waals surface area contributed by atoms with Crippen LogP contribution in [0, 0.1) is 15.5 Å². The number of sulfone groups is 1. The number of para-hydroxylation sites is 1. The zero-order chi connectivity index (χ0) is 15.0. The smallest absolute Gasteiger partial charge is 0.311 e. The number of hydrogen-bond acceptors (Lipinski definition) is 5. The number of hydrogen-bond donors (Lipinski definition) is 1. The highest BCUT2D eigenvalue weighted by Gasteiger charge is 2.49. The number of nitro benzene ring substituents is 1. The van der Waals surface area contributed by atoms with E-state index in [1.165, 1.54) is 18.2 Å². The standard InChI is InChI=1S/C12H13NO6S/c14-11(15)12(5-6-20(18,19)8-12)7-9-3-1-2-4-10(9)13(16)17/h1-4H,5-8H2,(H,14,15). The molecule has 0 amide bonds. The molecule has 8 heteroatoms. The third-order valence-electron chi connectivity index (χ3n) is 3.56. The maximum Gasteiger partial charge on any atom is 0.311 e. The largest absolute Gasteiger partial charge is 0.481 e. The average molecular weight is 299 g/mol. The van der Waals surface area contributed by atoms with Crippen LogP contribution in [0.25, 0.3) is 0 Å². The molecular formula is C12H13NO6S. The van der Waals surface area contributed by atoms with Crippen molar-refractivity contribution in [2.75, 3.05) is 11.5 Å². The van der Waals surface area contributed by atoms with Gasteiger partial charge in [-0.2, -0.15) is 0 Å². The molecule has 1 atom stereocenters. The highest BCUT2D eigenvalue weighted by atomic mass is 32.2. The van der Waals surface area contributed by atoms with Crippen molar-refractivity contribution >= 4 is 21.5 Å². The van der Waals surface area contributed by atoms with E-state index in [0.717, 1.165) is 0 Å². The van der Waals surface area contributed by atoms with E-state index >= 15 is 0 Å². The molecule has 0 spiro atoms. The van der Waals surface area contributed by atoms with Crippen molar-refractivity contribution in [3.8, 4) is 0 Å². The number of benzene rings is 1. The van der Waals surface area contributed by atoms with Gasteiger partial charge in [-0.1, -0.05) is 18.2 Å². The summed E-state index contributed by atoms with van der Waals surface area (Å²) in [4.78, 5) is 21.8. The van der Waals surface area contributed by atoms with Gasteiger partial charge >= 0.3 is 5.97 Å². The molecule has 1 heterocycles. The summed E-state index contributed by atoms with van der Waals surface area (Å²) in [6, 6.07) is 5.81. The van der Waals surface area contributed by atoms with Crippen molar-refractivity contribution in [2.24, 2.45) is 5.41 Å². The lowest BCUT2D eigenvalue weighted by atomic mass is 9.81. The summed E-state index contributed by atoms with van der Waals surface area (Å²) in [6.07, 6.45) is -0.171. The molecule has 20 heavy (non-hydrogen) atoms. The maximum atomic E-state index is 11.6. The summed E-state index contributed by atoms with van der Waals surface area (Å²) in [7, 11) is -3.40. The van der Waals surface area contributed by atoms with Crippen molar-refractivity contribution in [3.63, 3.8) is 0 Å². The van der Waals surface area contributed by atoms with E-state index in [4.69, 9.17) is 0 Å². The summed E-state index contributed by atoms with van der Waals surface area (Å²) in [5.41, 5.74) is -1.40. The quantitative estimate of drug-likeness (QED) is 0.656. The summed E-state index contributed by atoms with van der Waals surface area (Å²) >= 11 is 0. The molecule has 1 aromatic rings. The lowest BCUT2D eigenvalue weighted by Gasteiger charge is -2.22. The van der Waals surface area contributed by atoms with Gasteiger partial charge in [-0.25, -0.2) is 8.42 Å². The number of carbonyl (C=O) groups is 1. The van der Waals surface area contributed by atoms with Gasteiger partial charge in [0.15, 0.2) is 9.84 Å². The number of nitrogens with zero attached hydrogens (tertiary/aromatic N) is 1. The van der Waals surface area contributed by atoms with Crippen LogP contribution in [0.5, 0.6) is 0 Å². The third kappa shape index (κ3) is 2.64. The minimum Gasteiger partial charge on any atom is -0.481 e. The van der Waals surface area contributed by atoms with E-state index in [0.29, 0.717) is 0 Å². The van der Waals surface area contributed by atoms with Crippen LogP contribution in [0.4, 0.5) is 5.69 Å². The maximum absolute atomic E-state index is 11.6. The van der Waals surface area contributed by atoms with Gasteiger partial charge in [0.25, 0.3) is 5.69 Å². The number of nitro groups is 1. The van der Waals surface area contributed by atoms with Crippen LogP contribution < -0.4 is 0 Å². The fraction of sp³-hybridized carbons (Fsp3) is 0.417. The normalized spacial score (nSPS) is 24.4. The van der Waals surface area contributed by atoms with Crippen molar-refractivity contribution in [3.05, 3.63) is 39.9 Å². The Kier molecular flexibility index (Phi) is 3.51. The molecule has 108 valence electrons. The highest BCUT2D eigenvalue weighted by Crippen LogP contribution is 2.38. The van der Waals surface area contributed by atoms with Gasteiger partial charge in [0.2, 0.25) is 0 Å². The number of carboxylic acid groups (broad SMARTS) is 1. The molecule has 1 unspecified atom stereocenters. The zero-order valence-electron chi connectivity index (χ0n) is 10.5. The van der Waals surface area contributed by atoms with Gasteiger partial charge < -0.3 is 5.11 Å². The predicted octanol–water partition coefficient (Wildman–Crippen LogP) is 1.03. The van der Waals surface area contributed by atoms with E-state index in [1.54, 1.807) is 6.07 Å². The molecule has 1 aliphatic heterocycles.